The van der Waals surface area contributed by atoms with Crippen LogP contribution < -0.4 is 9.44 Å². The summed E-state index contributed by atoms with van der Waals surface area (Å²) in [5.74, 6) is 0. The van der Waals surface area contributed by atoms with Crippen LogP contribution in [0.5, 0.6) is 0 Å². The lowest BCUT2D eigenvalue weighted by atomic mass is 10.1. The molecule has 2 atom stereocenters. The van der Waals surface area contributed by atoms with Gasteiger partial charge in [0.15, 0.2) is 0 Å². The summed E-state index contributed by atoms with van der Waals surface area (Å²) in [5, 5.41) is -1.21. The molecule has 1 aromatic rings. The molecular weight excluding hydrogens is 402 g/mol. The molecule has 1 rings (SSSR count). The third-order valence-electron chi connectivity index (χ3n) is 3.08. The molecule has 12 heteroatoms. The molecule has 1 aromatic carbocycles. The van der Waals surface area contributed by atoms with Crippen molar-refractivity contribution in [3.05, 3.63) is 23.8 Å². The van der Waals surface area contributed by atoms with Crippen molar-refractivity contribution in [2.45, 2.75) is 37.7 Å². The third-order valence-corrected chi connectivity index (χ3v) is 6.29. The van der Waals surface area contributed by atoms with Crippen LogP contribution in [-0.2, 0) is 20.0 Å². The number of alkyl halides is 2. The Kier molecular flexibility index (Phi) is 7.15. The number of rotatable bonds is 9. The third kappa shape index (κ3) is 5.25. The molecule has 0 fully saturated rings. The summed E-state index contributed by atoms with van der Waals surface area (Å²) in [6.45, 7) is 2.60. The van der Waals surface area contributed by atoms with Gasteiger partial charge in [-0.2, -0.15) is 0 Å². The highest BCUT2D eigenvalue weighted by atomic mass is 35.5. The fourth-order valence-electron chi connectivity index (χ4n) is 1.81. The van der Waals surface area contributed by atoms with E-state index in [2.05, 4.69) is 0 Å². The number of hydrogen-bond acceptors (Lipinski definition) is 5. The highest BCUT2D eigenvalue weighted by molar-refractivity contribution is 7.93. The average Bonchev–Trinajstić information content (AvgIpc) is 2.52. The second-order valence-corrected chi connectivity index (χ2v) is 8.89. The Bertz CT molecular complexity index is 786. The molecule has 2 unspecified atom stereocenters. The van der Waals surface area contributed by atoms with Gasteiger partial charge in [-0.25, -0.2) is 25.6 Å². The minimum Gasteiger partial charge on any atom is -0.280 e. The van der Waals surface area contributed by atoms with Gasteiger partial charge < -0.3 is 0 Å². The second kappa shape index (κ2) is 8.28. The fraction of sp³-hybridized carbons (Fsp3) is 0.462. The molecule has 0 aliphatic heterocycles. The predicted octanol–water partition coefficient (Wildman–Crippen LogP) is 2.96. The Hall–Kier alpha value is -1.46. The number of carbonyl (C=O) groups excluding carboxylic acids is 1. The Labute approximate surface area is 149 Å². The first kappa shape index (κ1) is 21.6. The lowest BCUT2D eigenvalue weighted by Crippen LogP contribution is -2.26. The zero-order valence-corrected chi connectivity index (χ0v) is 15.7. The van der Waals surface area contributed by atoms with Crippen LogP contribution in [0.3, 0.4) is 0 Å². The van der Waals surface area contributed by atoms with Crippen LogP contribution in [0.25, 0.3) is 0 Å². The summed E-state index contributed by atoms with van der Waals surface area (Å²) in [6.07, 6.45) is -0.683. The first-order chi connectivity index (χ1) is 11.5. The first-order valence-corrected chi connectivity index (χ1v) is 10.6. The maximum atomic E-state index is 13.5. The van der Waals surface area contributed by atoms with Gasteiger partial charge in [-0.15, -0.1) is 0 Å². The summed E-state index contributed by atoms with van der Waals surface area (Å²) in [5.41, 5.74) is -5.92. The van der Waals surface area contributed by atoms with Crippen LogP contribution in [0.4, 0.5) is 20.2 Å². The van der Waals surface area contributed by atoms with E-state index in [1.54, 1.807) is 0 Å². The Morgan fingerprint density at radius 3 is 1.64 bits per heavy atom. The van der Waals surface area contributed by atoms with Gasteiger partial charge in [-0.05, 0) is 36.6 Å². The van der Waals surface area contributed by atoms with E-state index in [0.29, 0.717) is 0 Å². The summed E-state index contributed by atoms with van der Waals surface area (Å²) in [6, 6.07) is 3.39. The van der Waals surface area contributed by atoms with E-state index in [1.165, 1.54) is 19.9 Å². The van der Waals surface area contributed by atoms with E-state index in [0.717, 1.165) is 12.1 Å². The number of nitrogens with one attached hydrogen (secondary N) is 2. The number of sulfonamides is 2. The highest BCUT2D eigenvalue weighted by Crippen LogP contribution is 2.29. The van der Waals surface area contributed by atoms with Crippen molar-refractivity contribution in [1.82, 2.24) is 0 Å². The summed E-state index contributed by atoms with van der Waals surface area (Å²) < 4.78 is 78.0. The molecule has 0 heterocycles. The van der Waals surface area contributed by atoms with Crippen molar-refractivity contribution in [2.24, 2.45) is 0 Å². The van der Waals surface area contributed by atoms with Crippen LogP contribution in [0.1, 0.15) is 37.0 Å². The molecule has 7 nitrogen and oxygen atoms in total. The van der Waals surface area contributed by atoms with Crippen molar-refractivity contribution in [2.75, 3.05) is 9.44 Å². The SMILES string of the molecule is CCC(F)S(=O)(=O)Nc1cccc(NS(=O)(=O)C(F)CC)c1C(=O)Cl. The van der Waals surface area contributed by atoms with Crippen molar-refractivity contribution >= 4 is 48.3 Å². The van der Waals surface area contributed by atoms with Gasteiger partial charge in [-0.1, -0.05) is 19.9 Å². The highest BCUT2D eigenvalue weighted by Gasteiger charge is 2.28. The maximum Gasteiger partial charge on any atom is 0.265 e. The second-order valence-electron chi connectivity index (χ2n) is 4.93. The van der Waals surface area contributed by atoms with Crippen LogP contribution in [-0.4, -0.2) is 33.1 Å². The minimum atomic E-state index is -4.48. The molecule has 0 saturated carbocycles. The minimum absolute atomic E-state index is 0.341. The Morgan fingerprint density at radius 1 is 1.00 bits per heavy atom. The van der Waals surface area contributed by atoms with Gasteiger partial charge in [0.1, 0.15) is 0 Å². The molecular formula is C13H17ClF2N2O5S2. The number of hydrogen-bond donors (Lipinski definition) is 2. The van der Waals surface area contributed by atoms with Crippen molar-refractivity contribution in [1.29, 1.82) is 0 Å². The molecule has 25 heavy (non-hydrogen) atoms. The van der Waals surface area contributed by atoms with E-state index < -0.39 is 53.2 Å². The van der Waals surface area contributed by atoms with Crippen molar-refractivity contribution in [3.8, 4) is 0 Å². The number of anilines is 2. The largest absolute Gasteiger partial charge is 0.280 e. The quantitative estimate of drug-likeness (QED) is 0.599. The van der Waals surface area contributed by atoms with Crippen LogP contribution in [0.15, 0.2) is 18.2 Å². The lowest BCUT2D eigenvalue weighted by molar-refractivity contribution is 0.108. The normalized spacial score (nSPS) is 14.6. The van der Waals surface area contributed by atoms with Gasteiger partial charge >= 0.3 is 0 Å². The van der Waals surface area contributed by atoms with Crippen LogP contribution in [0, 0.1) is 0 Å². The topological polar surface area (TPSA) is 109 Å². The number of carbonyl (C=O) groups is 1. The molecule has 0 radical (unpaired) electrons. The molecule has 0 amide bonds. The average molecular weight is 419 g/mol. The Morgan fingerprint density at radius 2 is 1.36 bits per heavy atom. The molecule has 142 valence electrons. The van der Waals surface area contributed by atoms with Gasteiger partial charge in [0.2, 0.25) is 11.0 Å². The summed E-state index contributed by atoms with van der Waals surface area (Å²) in [7, 11) is -8.96. The van der Waals surface area contributed by atoms with Crippen molar-refractivity contribution < 1.29 is 30.4 Å². The van der Waals surface area contributed by atoms with E-state index in [1.807, 2.05) is 9.44 Å². The molecule has 0 aliphatic rings. The zero-order chi connectivity index (χ0) is 19.4. The number of halogens is 3. The molecule has 0 aliphatic carbocycles. The van der Waals surface area contributed by atoms with Gasteiger partial charge in [0, 0.05) is 0 Å². The molecule has 2 N–H and O–H groups in total. The van der Waals surface area contributed by atoms with Crippen LogP contribution in [0.2, 0.25) is 0 Å². The van der Waals surface area contributed by atoms with Gasteiger partial charge in [-0.3, -0.25) is 14.2 Å². The van der Waals surface area contributed by atoms with E-state index >= 15 is 0 Å². The molecule has 0 bridgehead atoms. The maximum absolute atomic E-state index is 13.5. The standard InChI is InChI=1S/C13H17ClF2N2O5S2/c1-3-10(15)24(20,21)17-8-6-5-7-9(12(8)13(14)19)18-25(22,23)11(16)4-2/h5-7,10-11,17-18H,3-4H2,1-2H3. The number of benzene rings is 1. The molecule has 0 aromatic heterocycles. The zero-order valence-electron chi connectivity index (χ0n) is 13.3. The molecule has 0 spiro atoms. The van der Waals surface area contributed by atoms with Gasteiger partial charge in [0.25, 0.3) is 25.3 Å². The van der Waals surface area contributed by atoms with E-state index in [4.69, 9.17) is 11.6 Å². The van der Waals surface area contributed by atoms with Crippen molar-refractivity contribution in [3.63, 3.8) is 0 Å². The Balaban J connectivity index is 3.39. The summed E-state index contributed by atoms with van der Waals surface area (Å²) in [4.78, 5) is 11.6. The van der Waals surface area contributed by atoms with E-state index in [-0.39, 0.29) is 12.8 Å². The van der Waals surface area contributed by atoms with Crippen LogP contribution >= 0.6 is 11.6 Å². The lowest BCUT2D eigenvalue weighted by Gasteiger charge is -2.17. The first-order valence-electron chi connectivity index (χ1n) is 7.10. The summed E-state index contributed by atoms with van der Waals surface area (Å²) >= 11 is 5.40. The predicted molar refractivity (Wildman–Crippen MR) is 92.1 cm³/mol. The molecule has 0 saturated heterocycles. The monoisotopic (exact) mass is 418 g/mol. The van der Waals surface area contributed by atoms with E-state index in [9.17, 15) is 30.4 Å². The van der Waals surface area contributed by atoms with Gasteiger partial charge in [0.05, 0.1) is 16.9 Å². The smallest absolute Gasteiger partial charge is 0.265 e. The fourth-order valence-corrected chi connectivity index (χ4v) is 4.10.